The second-order valence-corrected chi connectivity index (χ2v) is 4.52. The van der Waals surface area contributed by atoms with Gasteiger partial charge in [0.15, 0.2) is 0 Å². The SMILES string of the molecule is CCCCC=CCC=CCCCCCCC. The van der Waals surface area contributed by atoms with Crippen LogP contribution in [0.5, 0.6) is 0 Å². The molecule has 0 rings (SSSR count). The first-order valence-corrected chi connectivity index (χ1v) is 7.21. The molecule has 0 aromatic rings. The molecule has 0 heteroatoms. The van der Waals surface area contributed by atoms with Crippen LogP contribution in [0.2, 0.25) is 0 Å². The van der Waals surface area contributed by atoms with Crippen LogP contribution in [0.1, 0.15) is 78.1 Å². The largest absolute Gasteiger partial charge is 0.0882 e. The summed E-state index contributed by atoms with van der Waals surface area (Å²) in [4.78, 5) is 0. The molecule has 0 bridgehead atoms. The number of hydrogen-bond donors (Lipinski definition) is 0. The molecule has 94 valence electrons. The van der Waals surface area contributed by atoms with Crippen LogP contribution in [0.4, 0.5) is 0 Å². The van der Waals surface area contributed by atoms with Crippen LogP contribution >= 0.6 is 0 Å². The second-order valence-electron chi connectivity index (χ2n) is 4.52. The van der Waals surface area contributed by atoms with Gasteiger partial charge >= 0.3 is 0 Å². The highest BCUT2D eigenvalue weighted by Crippen LogP contribution is 2.05. The van der Waals surface area contributed by atoms with E-state index >= 15 is 0 Å². The first kappa shape index (κ1) is 15.5. The average molecular weight is 222 g/mol. The topological polar surface area (TPSA) is 0 Å². The molecule has 0 aromatic heterocycles. The lowest BCUT2D eigenvalue weighted by molar-refractivity contribution is 0.637. The lowest BCUT2D eigenvalue weighted by Crippen LogP contribution is -1.75. The molecule has 0 saturated heterocycles. The summed E-state index contributed by atoms with van der Waals surface area (Å²) in [5.41, 5.74) is 0. The van der Waals surface area contributed by atoms with Gasteiger partial charge in [-0.1, -0.05) is 76.7 Å². The summed E-state index contributed by atoms with van der Waals surface area (Å²) in [7, 11) is 0. The molecule has 0 aliphatic rings. The van der Waals surface area contributed by atoms with Crippen LogP contribution < -0.4 is 0 Å². The summed E-state index contributed by atoms with van der Waals surface area (Å²) >= 11 is 0. The van der Waals surface area contributed by atoms with Gasteiger partial charge in [-0.2, -0.15) is 0 Å². The smallest absolute Gasteiger partial charge is 0.0169 e. The van der Waals surface area contributed by atoms with Crippen molar-refractivity contribution in [2.24, 2.45) is 0 Å². The van der Waals surface area contributed by atoms with Crippen LogP contribution in [0, 0.1) is 0 Å². The Hall–Kier alpha value is -0.520. The van der Waals surface area contributed by atoms with Crippen molar-refractivity contribution in [1.29, 1.82) is 0 Å². The molecule has 0 aromatic carbocycles. The summed E-state index contributed by atoms with van der Waals surface area (Å²) < 4.78 is 0. The summed E-state index contributed by atoms with van der Waals surface area (Å²) in [6, 6.07) is 0. The Morgan fingerprint density at radius 1 is 0.562 bits per heavy atom. The summed E-state index contributed by atoms with van der Waals surface area (Å²) in [6.07, 6.45) is 22.5. The molecule has 0 heterocycles. The van der Waals surface area contributed by atoms with E-state index in [2.05, 4.69) is 38.2 Å². The lowest BCUT2D eigenvalue weighted by Gasteiger charge is -1.95. The van der Waals surface area contributed by atoms with Gasteiger partial charge in [0.1, 0.15) is 0 Å². The van der Waals surface area contributed by atoms with E-state index in [1.54, 1.807) is 0 Å². The minimum Gasteiger partial charge on any atom is -0.0882 e. The van der Waals surface area contributed by atoms with Crippen molar-refractivity contribution >= 4 is 0 Å². The molecule has 0 radical (unpaired) electrons. The van der Waals surface area contributed by atoms with Gasteiger partial charge in [0.2, 0.25) is 0 Å². The molecule has 0 amide bonds. The van der Waals surface area contributed by atoms with E-state index in [1.165, 1.54) is 57.8 Å². The van der Waals surface area contributed by atoms with Gasteiger partial charge in [0, 0.05) is 0 Å². The van der Waals surface area contributed by atoms with Crippen LogP contribution in [0.15, 0.2) is 24.3 Å². The van der Waals surface area contributed by atoms with Crippen molar-refractivity contribution in [3.05, 3.63) is 24.3 Å². The van der Waals surface area contributed by atoms with E-state index in [9.17, 15) is 0 Å². The predicted molar refractivity (Wildman–Crippen MR) is 75.8 cm³/mol. The highest BCUT2D eigenvalue weighted by atomic mass is 13.9. The third-order valence-electron chi connectivity index (χ3n) is 2.80. The summed E-state index contributed by atoms with van der Waals surface area (Å²) in [5.74, 6) is 0. The van der Waals surface area contributed by atoms with E-state index in [0.717, 1.165) is 6.42 Å². The zero-order valence-electron chi connectivity index (χ0n) is 11.4. The predicted octanol–water partition coefficient (Wildman–Crippen LogP) is 6.04. The van der Waals surface area contributed by atoms with Crippen LogP contribution in [-0.4, -0.2) is 0 Å². The maximum absolute atomic E-state index is 2.34. The summed E-state index contributed by atoms with van der Waals surface area (Å²) in [5, 5.41) is 0. The highest BCUT2D eigenvalue weighted by molar-refractivity contribution is 4.92. The maximum Gasteiger partial charge on any atom is -0.0169 e. The molecule has 0 unspecified atom stereocenters. The van der Waals surface area contributed by atoms with E-state index in [-0.39, 0.29) is 0 Å². The average Bonchev–Trinajstić information content (AvgIpc) is 2.31. The monoisotopic (exact) mass is 222 g/mol. The number of unbranched alkanes of at least 4 members (excludes halogenated alkanes) is 7. The third-order valence-corrected chi connectivity index (χ3v) is 2.80. The standard InChI is InChI=1S/C16H30/c1-3-5-7-9-11-13-15-16-14-12-10-8-6-4-2/h9,11,15-16H,3-8,10,12-14H2,1-2H3. The van der Waals surface area contributed by atoms with Gasteiger partial charge in [0.25, 0.3) is 0 Å². The van der Waals surface area contributed by atoms with Gasteiger partial charge in [-0.25, -0.2) is 0 Å². The summed E-state index contributed by atoms with van der Waals surface area (Å²) in [6.45, 7) is 4.51. The quantitative estimate of drug-likeness (QED) is 0.295. The fourth-order valence-electron chi connectivity index (χ4n) is 1.69. The minimum absolute atomic E-state index is 1.12. The fraction of sp³-hybridized carbons (Fsp3) is 0.750. The van der Waals surface area contributed by atoms with Crippen LogP contribution in [-0.2, 0) is 0 Å². The number of allylic oxidation sites excluding steroid dienone is 4. The highest BCUT2D eigenvalue weighted by Gasteiger charge is 1.85. The van der Waals surface area contributed by atoms with Crippen molar-refractivity contribution < 1.29 is 0 Å². The van der Waals surface area contributed by atoms with Gasteiger partial charge < -0.3 is 0 Å². The van der Waals surface area contributed by atoms with E-state index in [1.807, 2.05) is 0 Å². The van der Waals surface area contributed by atoms with Crippen LogP contribution in [0.25, 0.3) is 0 Å². The Bertz CT molecular complexity index is 165. The van der Waals surface area contributed by atoms with Crippen molar-refractivity contribution in [3.63, 3.8) is 0 Å². The Kier molecular flexibility index (Phi) is 14.0. The second kappa shape index (κ2) is 14.5. The molecule has 0 atom stereocenters. The zero-order chi connectivity index (χ0) is 11.9. The number of rotatable bonds is 11. The molecular formula is C16H30. The Balaban J connectivity index is 3.12. The van der Waals surface area contributed by atoms with Gasteiger partial charge in [0.05, 0.1) is 0 Å². The van der Waals surface area contributed by atoms with E-state index < -0.39 is 0 Å². The Morgan fingerprint density at radius 3 is 1.75 bits per heavy atom. The molecule has 0 fully saturated rings. The molecule has 0 nitrogen and oxygen atoms in total. The molecule has 16 heavy (non-hydrogen) atoms. The van der Waals surface area contributed by atoms with Crippen molar-refractivity contribution in [3.8, 4) is 0 Å². The van der Waals surface area contributed by atoms with Gasteiger partial charge in [-0.3, -0.25) is 0 Å². The van der Waals surface area contributed by atoms with Crippen molar-refractivity contribution in [2.75, 3.05) is 0 Å². The Labute approximate surface area is 103 Å². The van der Waals surface area contributed by atoms with Crippen molar-refractivity contribution in [2.45, 2.75) is 78.1 Å². The van der Waals surface area contributed by atoms with Crippen LogP contribution in [0.3, 0.4) is 0 Å². The first-order chi connectivity index (χ1) is 7.91. The van der Waals surface area contributed by atoms with E-state index in [4.69, 9.17) is 0 Å². The zero-order valence-corrected chi connectivity index (χ0v) is 11.4. The minimum atomic E-state index is 1.12. The van der Waals surface area contributed by atoms with Crippen molar-refractivity contribution in [1.82, 2.24) is 0 Å². The van der Waals surface area contributed by atoms with E-state index in [0.29, 0.717) is 0 Å². The molecule has 0 aliphatic carbocycles. The maximum atomic E-state index is 2.34. The molecular weight excluding hydrogens is 192 g/mol. The number of hydrogen-bond acceptors (Lipinski definition) is 0. The lowest BCUT2D eigenvalue weighted by atomic mass is 10.1. The normalized spacial score (nSPS) is 11.9. The van der Waals surface area contributed by atoms with Gasteiger partial charge in [-0.15, -0.1) is 0 Å². The molecule has 0 N–H and O–H groups in total. The Morgan fingerprint density at radius 2 is 1.12 bits per heavy atom. The first-order valence-electron chi connectivity index (χ1n) is 7.21. The molecule has 0 aliphatic heterocycles. The molecule has 0 saturated carbocycles. The molecule has 0 spiro atoms. The fourth-order valence-corrected chi connectivity index (χ4v) is 1.69. The van der Waals surface area contributed by atoms with Gasteiger partial charge in [-0.05, 0) is 25.7 Å². The third kappa shape index (κ3) is 13.5.